The third-order valence-corrected chi connectivity index (χ3v) is 2.64. The topological polar surface area (TPSA) is 78.1 Å². The highest BCUT2D eigenvalue weighted by molar-refractivity contribution is 5.93. The van der Waals surface area contributed by atoms with Gasteiger partial charge in [0.15, 0.2) is 11.3 Å². The van der Waals surface area contributed by atoms with Crippen LogP contribution in [0.25, 0.3) is 11.0 Å². The molecule has 0 atom stereocenters. The Morgan fingerprint density at radius 3 is 2.80 bits per heavy atom. The fourth-order valence-corrected chi connectivity index (χ4v) is 1.71. The van der Waals surface area contributed by atoms with Crippen molar-refractivity contribution in [2.75, 3.05) is 33.5 Å². The first-order chi connectivity index (χ1) is 9.72. The van der Waals surface area contributed by atoms with Crippen LogP contribution in [0.4, 0.5) is 0 Å². The molecule has 6 heteroatoms. The number of fused-ring (bicyclic) bond motifs is 1. The Balaban J connectivity index is 1.97. The summed E-state index contributed by atoms with van der Waals surface area (Å²) in [6, 6.07) is 6.75. The Kier molecular flexibility index (Phi) is 4.97. The summed E-state index contributed by atoms with van der Waals surface area (Å²) in [6.07, 6.45) is 0. The van der Waals surface area contributed by atoms with Gasteiger partial charge in [-0.2, -0.15) is 0 Å². The van der Waals surface area contributed by atoms with Crippen LogP contribution in [0, 0.1) is 0 Å². The van der Waals surface area contributed by atoms with Crippen molar-refractivity contribution >= 4 is 16.9 Å². The summed E-state index contributed by atoms with van der Waals surface area (Å²) in [6.45, 7) is 1.82. The largest absolute Gasteiger partial charge is 0.487 e. The van der Waals surface area contributed by atoms with Crippen molar-refractivity contribution in [3.8, 4) is 5.75 Å². The predicted octanol–water partition coefficient (Wildman–Crippen LogP) is 2.17. The average molecular weight is 280 g/mol. The summed E-state index contributed by atoms with van der Waals surface area (Å²) in [5, 5.41) is 9.60. The standard InChI is InChI=1S/C14H16O6/c1-17-5-6-18-7-8-19-11-4-2-3-10-9-12(14(15)16)20-13(10)11/h2-4,9H,5-8H2,1H3,(H,15,16). The van der Waals surface area contributed by atoms with Crippen LogP contribution in [-0.4, -0.2) is 44.6 Å². The van der Waals surface area contributed by atoms with Gasteiger partial charge in [-0.05, 0) is 12.1 Å². The summed E-state index contributed by atoms with van der Waals surface area (Å²) in [5.74, 6) is -0.701. The Hall–Kier alpha value is -2.05. The maximum absolute atomic E-state index is 10.9. The van der Waals surface area contributed by atoms with Crippen molar-refractivity contribution in [1.29, 1.82) is 0 Å². The number of carbonyl (C=O) groups is 1. The lowest BCUT2D eigenvalue weighted by molar-refractivity contribution is 0.0544. The number of rotatable bonds is 8. The Labute approximate surface area is 115 Å². The van der Waals surface area contributed by atoms with E-state index in [1.165, 1.54) is 6.07 Å². The second-order valence-electron chi connectivity index (χ2n) is 4.04. The first-order valence-corrected chi connectivity index (χ1v) is 6.17. The fraction of sp³-hybridized carbons (Fsp3) is 0.357. The molecule has 0 bridgehead atoms. The van der Waals surface area contributed by atoms with E-state index in [0.717, 1.165) is 0 Å². The zero-order valence-corrected chi connectivity index (χ0v) is 11.1. The van der Waals surface area contributed by atoms with Crippen molar-refractivity contribution in [3.05, 3.63) is 30.0 Å². The van der Waals surface area contributed by atoms with Crippen LogP contribution in [0.15, 0.2) is 28.7 Å². The van der Waals surface area contributed by atoms with Crippen LogP contribution < -0.4 is 4.74 Å². The highest BCUT2D eigenvalue weighted by Gasteiger charge is 2.13. The number of para-hydroxylation sites is 1. The zero-order valence-electron chi connectivity index (χ0n) is 11.1. The maximum atomic E-state index is 10.9. The third kappa shape index (κ3) is 3.49. The van der Waals surface area contributed by atoms with Crippen LogP contribution in [-0.2, 0) is 9.47 Å². The molecule has 0 saturated carbocycles. The molecular formula is C14H16O6. The van der Waals surface area contributed by atoms with Gasteiger partial charge in [-0.3, -0.25) is 0 Å². The molecule has 0 radical (unpaired) electrons. The fourth-order valence-electron chi connectivity index (χ4n) is 1.71. The number of methoxy groups -OCH3 is 1. The molecule has 1 aromatic heterocycles. The van der Waals surface area contributed by atoms with E-state index in [1.807, 2.05) is 0 Å². The van der Waals surface area contributed by atoms with Gasteiger partial charge in [-0.1, -0.05) is 12.1 Å². The Morgan fingerprint density at radius 2 is 2.05 bits per heavy atom. The number of carboxylic acids is 1. The van der Waals surface area contributed by atoms with Crippen molar-refractivity contribution in [2.45, 2.75) is 0 Å². The molecule has 1 aromatic carbocycles. The summed E-state index contributed by atoms with van der Waals surface area (Å²) < 4.78 is 20.9. The molecule has 0 fully saturated rings. The summed E-state index contributed by atoms with van der Waals surface area (Å²) in [5.41, 5.74) is 0.432. The first-order valence-electron chi connectivity index (χ1n) is 6.17. The normalized spacial score (nSPS) is 10.8. The lowest BCUT2D eigenvalue weighted by atomic mass is 10.2. The number of hydrogen-bond acceptors (Lipinski definition) is 5. The molecule has 0 aliphatic rings. The van der Waals surface area contributed by atoms with Gasteiger partial charge in [0.2, 0.25) is 5.76 Å². The van der Waals surface area contributed by atoms with Gasteiger partial charge in [0.1, 0.15) is 6.61 Å². The van der Waals surface area contributed by atoms with Crippen molar-refractivity contribution in [1.82, 2.24) is 0 Å². The lowest BCUT2D eigenvalue weighted by Gasteiger charge is -2.07. The molecule has 0 spiro atoms. The molecule has 0 unspecified atom stereocenters. The van der Waals surface area contributed by atoms with Crippen molar-refractivity contribution in [3.63, 3.8) is 0 Å². The van der Waals surface area contributed by atoms with Gasteiger partial charge in [-0.15, -0.1) is 0 Å². The van der Waals surface area contributed by atoms with Crippen LogP contribution in [0.1, 0.15) is 10.6 Å². The van der Waals surface area contributed by atoms with Gasteiger partial charge in [0.25, 0.3) is 0 Å². The van der Waals surface area contributed by atoms with Gasteiger partial charge in [0, 0.05) is 12.5 Å². The van der Waals surface area contributed by atoms with Gasteiger partial charge in [0.05, 0.1) is 19.8 Å². The molecule has 0 saturated heterocycles. The van der Waals surface area contributed by atoms with Crippen molar-refractivity contribution in [2.24, 2.45) is 0 Å². The zero-order chi connectivity index (χ0) is 14.4. The summed E-state index contributed by atoms with van der Waals surface area (Å²) >= 11 is 0. The molecule has 108 valence electrons. The number of hydrogen-bond donors (Lipinski definition) is 1. The van der Waals surface area contributed by atoms with Gasteiger partial charge < -0.3 is 23.7 Å². The molecule has 0 aliphatic carbocycles. The van der Waals surface area contributed by atoms with Gasteiger partial charge >= 0.3 is 5.97 Å². The predicted molar refractivity (Wildman–Crippen MR) is 71.4 cm³/mol. The Morgan fingerprint density at radius 1 is 1.25 bits per heavy atom. The molecule has 0 aliphatic heterocycles. The summed E-state index contributed by atoms with van der Waals surface area (Å²) in [7, 11) is 1.61. The maximum Gasteiger partial charge on any atom is 0.371 e. The molecule has 0 amide bonds. The average Bonchev–Trinajstić information content (AvgIpc) is 2.87. The molecule has 2 aromatic rings. The number of carboxylic acid groups (broad SMARTS) is 1. The first kappa shape index (κ1) is 14.4. The minimum Gasteiger partial charge on any atom is -0.487 e. The Bertz CT molecular complexity index is 574. The number of furan rings is 1. The SMILES string of the molecule is COCCOCCOc1cccc2cc(C(=O)O)oc12. The minimum atomic E-state index is -1.10. The number of ether oxygens (including phenoxy) is 3. The van der Waals surface area contributed by atoms with Crippen molar-refractivity contribution < 1.29 is 28.5 Å². The third-order valence-electron chi connectivity index (χ3n) is 2.64. The molecule has 1 N–H and O–H groups in total. The monoisotopic (exact) mass is 280 g/mol. The molecular weight excluding hydrogens is 264 g/mol. The van der Waals surface area contributed by atoms with E-state index in [0.29, 0.717) is 43.1 Å². The van der Waals surface area contributed by atoms with E-state index < -0.39 is 5.97 Å². The minimum absolute atomic E-state index is 0.104. The molecule has 1 heterocycles. The highest BCUT2D eigenvalue weighted by Crippen LogP contribution is 2.28. The van der Waals surface area contributed by atoms with Crippen LogP contribution in [0.5, 0.6) is 5.75 Å². The second-order valence-corrected chi connectivity index (χ2v) is 4.04. The number of benzene rings is 1. The second kappa shape index (κ2) is 6.93. The van der Waals surface area contributed by atoms with E-state index in [-0.39, 0.29) is 5.76 Å². The molecule has 2 rings (SSSR count). The van der Waals surface area contributed by atoms with E-state index >= 15 is 0 Å². The smallest absolute Gasteiger partial charge is 0.371 e. The van der Waals surface area contributed by atoms with E-state index in [9.17, 15) is 4.79 Å². The van der Waals surface area contributed by atoms with E-state index in [1.54, 1.807) is 25.3 Å². The molecule has 6 nitrogen and oxygen atoms in total. The summed E-state index contributed by atoms with van der Waals surface area (Å²) in [4.78, 5) is 10.9. The van der Waals surface area contributed by atoms with E-state index in [4.69, 9.17) is 23.7 Å². The van der Waals surface area contributed by atoms with Gasteiger partial charge in [-0.25, -0.2) is 4.79 Å². The van der Waals surface area contributed by atoms with Crippen LogP contribution in [0.3, 0.4) is 0 Å². The van der Waals surface area contributed by atoms with Crippen LogP contribution >= 0.6 is 0 Å². The van der Waals surface area contributed by atoms with Crippen LogP contribution in [0.2, 0.25) is 0 Å². The number of aromatic carboxylic acids is 1. The van der Waals surface area contributed by atoms with E-state index in [2.05, 4.69) is 0 Å². The lowest BCUT2D eigenvalue weighted by Crippen LogP contribution is -2.10. The molecule has 20 heavy (non-hydrogen) atoms. The quantitative estimate of drug-likeness (QED) is 0.747. The highest BCUT2D eigenvalue weighted by atomic mass is 16.5.